The Balaban J connectivity index is 2.56. The van der Waals surface area contributed by atoms with Gasteiger partial charge in [0.25, 0.3) is 0 Å². The quantitative estimate of drug-likeness (QED) is 0.803. The summed E-state index contributed by atoms with van der Waals surface area (Å²) in [5.74, 6) is -0.411. The van der Waals surface area contributed by atoms with Crippen LogP contribution in [0.3, 0.4) is 0 Å². The number of amides is 1. The molecule has 6 nitrogen and oxygen atoms in total. The standard InChI is InChI=1S/C12H21NO5/c1-11(2,3)18-10(15)13-8(6-14)9-7-16-12(4,5)17-9/h7-8,14H,6H2,1-5H3,(H,13,15)/t8-/m1/s1. The monoisotopic (exact) mass is 259 g/mol. The van der Waals surface area contributed by atoms with Gasteiger partial charge in [-0.2, -0.15) is 0 Å². The van der Waals surface area contributed by atoms with Gasteiger partial charge >= 0.3 is 6.09 Å². The van der Waals surface area contributed by atoms with Crippen molar-refractivity contribution in [2.45, 2.75) is 52.0 Å². The molecule has 0 fully saturated rings. The van der Waals surface area contributed by atoms with Crippen LogP contribution in [0.1, 0.15) is 34.6 Å². The lowest BCUT2D eigenvalue weighted by Gasteiger charge is -2.24. The maximum Gasteiger partial charge on any atom is 0.408 e. The SMILES string of the molecule is CC(C)(C)OC(=O)N[C@H](CO)C1=COC(C)(C)O1. The summed E-state index contributed by atoms with van der Waals surface area (Å²) in [5, 5.41) is 11.8. The van der Waals surface area contributed by atoms with Gasteiger partial charge < -0.3 is 24.6 Å². The van der Waals surface area contributed by atoms with Gasteiger partial charge in [0.15, 0.2) is 5.76 Å². The first-order chi connectivity index (χ1) is 8.13. The highest BCUT2D eigenvalue weighted by molar-refractivity contribution is 5.68. The van der Waals surface area contributed by atoms with Crippen molar-refractivity contribution >= 4 is 6.09 Å². The van der Waals surface area contributed by atoms with E-state index in [1.165, 1.54) is 6.26 Å². The van der Waals surface area contributed by atoms with E-state index in [4.69, 9.17) is 14.2 Å². The van der Waals surface area contributed by atoms with Crippen molar-refractivity contribution in [3.8, 4) is 0 Å². The van der Waals surface area contributed by atoms with Crippen LogP contribution in [0.5, 0.6) is 0 Å². The van der Waals surface area contributed by atoms with Gasteiger partial charge in [0.1, 0.15) is 17.9 Å². The Labute approximate surface area is 107 Å². The Bertz CT molecular complexity index is 343. The summed E-state index contributed by atoms with van der Waals surface area (Å²) < 4.78 is 15.8. The van der Waals surface area contributed by atoms with E-state index in [-0.39, 0.29) is 6.61 Å². The number of carbonyl (C=O) groups excluding carboxylic acids is 1. The van der Waals surface area contributed by atoms with Crippen LogP contribution in [0.2, 0.25) is 0 Å². The van der Waals surface area contributed by atoms with Gasteiger partial charge in [-0.3, -0.25) is 0 Å². The zero-order valence-corrected chi connectivity index (χ0v) is 11.4. The first-order valence-electron chi connectivity index (χ1n) is 5.80. The molecule has 1 aliphatic rings. The molecule has 2 N–H and O–H groups in total. The van der Waals surface area contributed by atoms with Crippen molar-refractivity contribution in [3.63, 3.8) is 0 Å². The molecule has 0 radical (unpaired) electrons. The zero-order chi connectivity index (χ0) is 14.0. The maximum absolute atomic E-state index is 11.6. The lowest BCUT2D eigenvalue weighted by atomic mass is 10.2. The minimum absolute atomic E-state index is 0.301. The molecule has 0 aliphatic carbocycles. The van der Waals surface area contributed by atoms with Crippen LogP contribution < -0.4 is 5.32 Å². The first kappa shape index (κ1) is 14.6. The van der Waals surface area contributed by atoms with Crippen LogP contribution in [-0.4, -0.2) is 35.2 Å². The predicted molar refractivity (Wildman–Crippen MR) is 64.6 cm³/mol. The van der Waals surface area contributed by atoms with Gasteiger partial charge in [0.05, 0.1) is 6.61 Å². The maximum atomic E-state index is 11.6. The smallest absolute Gasteiger partial charge is 0.408 e. The molecule has 0 unspecified atom stereocenters. The largest absolute Gasteiger partial charge is 0.457 e. The fraction of sp³-hybridized carbons (Fsp3) is 0.750. The highest BCUT2D eigenvalue weighted by atomic mass is 16.7. The van der Waals surface area contributed by atoms with Crippen molar-refractivity contribution in [3.05, 3.63) is 12.0 Å². The second-order valence-corrected chi connectivity index (χ2v) is 5.52. The zero-order valence-electron chi connectivity index (χ0n) is 11.4. The molecule has 0 saturated heterocycles. The van der Waals surface area contributed by atoms with Gasteiger partial charge in [-0.15, -0.1) is 0 Å². The van der Waals surface area contributed by atoms with Crippen molar-refractivity contribution in [1.29, 1.82) is 0 Å². The van der Waals surface area contributed by atoms with E-state index in [0.29, 0.717) is 5.76 Å². The van der Waals surface area contributed by atoms with Gasteiger partial charge in [0.2, 0.25) is 5.79 Å². The van der Waals surface area contributed by atoms with Gasteiger partial charge in [-0.25, -0.2) is 4.79 Å². The summed E-state index contributed by atoms with van der Waals surface area (Å²) in [6.45, 7) is 8.45. The number of carbonyl (C=O) groups is 1. The lowest BCUT2D eigenvalue weighted by Crippen LogP contribution is -2.42. The molecule has 6 heteroatoms. The number of ether oxygens (including phenoxy) is 3. The number of rotatable bonds is 3. The summed E-state index contributed by atoms with van der Waals surface area (Å²) in [6, 6.07) is -0.679. The van der Waals surface area contributed by atoms with Crippen LogP contribution in [-0.2, 0) is 14.2 Å². The molecule has 1 heterocycles. The molecular formula is C12H21NO5. The fourth-order valence-electron chi connectivity index (χ4n) is 1.34. The number of alkyl carbamates (subject to hydrolysis) is 1. The molecule has 0 aromatic carbocycles. The van der Waals surface area contributed by atoms with Crippen molar-refractivity contribution < 1.29 is 24.1 Å². The molecule has 0 aromatic heterocycles. The number of nitrogens with one attached hydrogen (secondary N) is 1. The summed E-state index contributed by atoms with van der Waals surface area (Å²) in [6.07, 6.45) is 0.772. The average molecular weight is 259 g/mol. The number of aliphatic hydroxyl groups is 1. The van der Waals surface area contributed by atoms with E-state index in [0.717, 1.165) is 0 Å². The molecule has 1 atom stereocenters. The van der Waals surface area contributed by atoms with E-state index >= 15 is 0 Å². The highest BCUT2D eigenvalue weighted by Crippen LogP contribution is 2.26. The van der Waals surface area contributed by atoms with E-state index in [1.807, 2.05) is 0 Å². The number of aliphatic hydroxyl groups excluding tert-OH is 1. The Hall–Kier alpha value is -1.43. The van der Waals surface area contributed by atoms with E-state index in [2.05, 4.69) is 5.32 Å². The van der Waals surface area contributed by atoms with Crippen LogP contribution >= 0.6 is 0 Å². The van der Waals surface area contributed by atoms with E-state index in [1.54, 1.807) is 34.6 Å². The molecule has 18 heavy (non-hydrogen) atoms. The Kier molecular flexibility index (Phi) is 4.11. The van der Waals surface area contributed by atoms with Gasteiger partial charge in [-0.1, -0.05) is 0 Å². The van der Waals surface area contributed by atoms with Crippen molar-refractivity contribution in [2.24, 2.45) is 0 Å². The molecule has 1 aliphatic heterocycles. The van der Waals surface area contributed by atoms with Gasteiger partial charge in [-0.05, 0) is 20.8 Å². The summed E-state index contributed by atoms with van der Waals surface area (Å²) in [7, 11) is 0. The fourth-order valence-corrected chi connectivity index (χ4v) is 1.34. The molecular weight excluding hydrogens is 238 g/mol. The summed E-state index contributed by atoms with van der Waals surface area (Å²) in [4.78, 5) is 11.6. The topological polar surface area (TPSA) is 77.0 Å². The molecule has 0 saturated carbocycles. The predicted octanol–water partition coefficient (Wildman–Crippen LogP) is 1.50. The van der Waals surface area contributed by atoms with E-state index < -0.39 is 23.5 Å². The third-order valence-electron chi connectivity index (χ3n) is 2.04. The number of hydrogen-bond donors (Lipinski definition) is 2. The van der Waals surface area contributed by atoms with Crippen molar-refractivity contribution in [1.82, 2.24) is 5.32 Å². The number of hydrogen-bond acceptors (Lipinski definition) is 5. The van der Waals surface area contributed by atoms with Gasteiger partial charge in [0, 0.05) is 13.8 Å². The minimum Gasteiger partial charge on any atom is -0.457 e. The molecule has 1 rings (SSSR count). The normalized spacial score (nSPS) is 19.3. The molecule has 0 aromatic rings. The second-order valence-electron chi connectivity index (χ2n) is 5.52. The van der Waals surface area contributed by atoms with Crippen molar-refractivity contribution in [2.75, 3.05) is 6.61 Å². The lowest BCUT2D eigenvalue weighted by molar-refractivity contribution is -0.120. The Morgan fingerprint density at radius 1 is 1.56 bits per heavy atom. The van der Waals surface area contributed by atoms with Crippen LogP contribution in [0.15, 0.2) is 12.0 Å². The average Bonchev–Trinajstić information content (AvgIpc) is 2.52. The Morgan fingerprint density at radius 2 is 2.17 bits per heavy atom. The third kappa shape index (κ3) is 4.44. The van der Waals surface area contributed by atoms with E-state index in [9.17, 15) is 9.90 Å². The molecule has 1 amide bonds. The minimum atomic E-state index is -0.779. The molecule has 0 spiro atoms. The summed E-state index contributed by atoms with van der Waals surface area (Å²) >= 11 is 0. The molecule has 0 bridgehead atoms. The Morgan fingerprint density at radius 3 is 2.56 bits per heavy atom. The van der Waals surface area contributed by atoms with Crippen LogP contribution in [0, 0.1) is 0 Å². The highest BCUT2D eigenvalue weighted by Gasteiger charge is 2.33. The van der Waals surface area contributed by atoms with Crippen LogP contribution in [0.4, 0.5) is 4.79 Å². The van der Waals surface area contributed by atoms with Crippen LogP contribution in [0.25, 0.3) is 0 Å². The second kappa shape index (κ2) is 5.06. The summed E-state index contributed by atoms with van der Waals surface area (Å²) in [5.41, 5.74) is -0.592. The molecule has 104 valence electrons. The first-order valence-corrected chi connectivity index (χ1v) is 5.80. The third-order valence-corrected chi connectivity index (χ3v) is 2.04.